The molecule has 2 fully saturated rings. The van der Waals surface area contributed by atoms with Crippen LogP contribution in [0.5, 0.6) is 5.75 Å². The van der Waals surface area contributed by atoms with Gasteiger partial charge in [0.05, 0.1) is 24.5 Å². The molecule has 200 valence electrons. The Hall–Kier alpha value is -2.75. The smallest absolute Gasteiger partial charge is 0.455 e. The summed E-state index contributed by atoms with van der Waals surface area (Å²) in [5.41, 5.74) is 3.94. The minimum Gasteiger partial charge on any atom is -0.505 e. The van der Waals surface area contributed by atoms with E-state index in [0.29, 0.717) is 37.7 Å². The van der Waals surface area contributed by atoms with Crippen LogP contribution in [0.25, 0.3) is 6.08 Å². The number of halogens is 1. The van der Waals surface area contributed by atoms with Crippen molar-refractivity contribution in [1.29, 1.82) is 0 Å². The molecule has 0 unspecified atom stereocenters. The molecule has 5 rings (SSSR count). The lowest BCUT2D eigenvalue weighted by Crippen LogP contribution is -2.46. The van der Waals surface area contributed by atoms with Crippen LogP contribution in [0.3, 0.4) is 0 Å². The third kappa shape index (κ3) is 5.24. The molecule has 6 nitrogen and oxygen atoms in total. The lowest BCUT2D eigenvalue weighted by molar-refractivity contribution is -0.140. The second-order valence-electron chi connectivity index (χ2n) is 10.6. The molecule has 2 amide bonds. The number of hydrogen-bond acceptors (Lipinski definition) is 6. The number of fused-ring (bicyclic) bond motifs is 3. The zero-order chi connectivity index (χ0) is 27.0. The third-order valence-corrected chi connectivity index (χ3v) is 8.94. The summed E-state index contributed by atoms with van der Waals surface area (Å²) < 4.78 is 19.9. The van der Waals surface area contributed by atoms with E-state index in [9.17, 15) is 24.1 Å². The van der Waals surface area contributed by atoms with Gasteiger partial charge in [-0.1, -0.05) is 42.7 Å². The highest BCUT2D eigenvalue weighted by atomic mass is 32.1. The molecule has 0 saturated carbocycles. The van der Waals surface area contributed by atoms with E-state index in [4.69, 9.17) is 4.65 Å². The van der Waals surface area contributed by atoms with Crippen molar-refractivity contribution in [3.8, 4) is 5.75 Å². The molecule has 0 radical (unpaired) electrons. The number of imide groups is 1. The summed E-state index contributed by atoms with van der Waals surface area (Å²) in [7, 11) is -1.00. The monoisotopic (exact) mass is 537 g/mol. The minimum absolute atomic E-state index is 0.112. The largest absolute Gasteiger partial charge is 0.505 e. The fraction of sp³-hybridized carbons (Fsp3) is 0.448. The predicted molar refractivity (Wildman–Crippen MR) is 145 cm³/mol. The lowest BCUT2D eigenvalue weighted by atomic mass is 9.58. The number of phenolic OH excluding ortho intramolecular Hbond substituents is 1. The molecular weight excluding hydrogens is 504 g/mol. The van der Waals surface area contributed by atoms with Crippen molar-refractivity contribution >= 4 is 36.3 Å². The van der Waals surface area contributed by atoms with Gasteiger partial charge in [-0.15, -0.1) is 11.3 Å². The van der Waals surface area contributed by atoms with Crippen molar-refractivity contribution in [3.05, 3.63) is 68.7 Å². The molecule has 3 aliphatic rings. The van der Waals surface area contributed by atoms with Gasteiger partial charge in [0.1, 0.15) is 0 Å². The number of thiophene rings is 1. The highest BCUT2D eigenvalue weighted by Gasteiger charge is 2.56. The molecule has 9 heteroatoms. The molecule has 0 spiro atoms. The second kappa shape index (κ2) is 11.2. The molecular formula is C29H33BFNO5S. The Morgan fingerprint density at radius 3 is 2.76 bits per heavy atom. The fourth-order valence-corrected chi connectivity index (χ4v) is 7.15. The van der Waals surface area contributed by atoms with E-state index in [-0.39, 0.29) is 35.5 Å². The summed E-state index contributed by atoms with van der Waals surface area (Å²) in [6.45, 7) is 4.41. The number of amides is 2. The molecule has 2 N–H and O–H groups in total. The molecule has 38 heavy (non-hydrogen) atoms. The fourth-order valence-electron chi connectivity index (χ4n) is 6.46. The van der Waals surface area contributed by atoms with E-state index in [1.807, 2.05) is 30.5 Å². The number of phenols is 1. The summed E-state index contributed by atoms with van der Waals surface area (Å²) in [5.74, 6) is -2.36. The number of hydrogen-bond donors (Lipinski definition) is 2. The molecule has 2 aliphatic heterocycles. The maximum Gasteiger partial charge on any atom is 0.455 e. The van der Waals surface area contributed by atoms with Crippen LogP contribution in [0.1, 0.15) is 56.4 Å². The van der Waals surface area contributed by atoms with Crippen LogP contribution in [-0.4, -0.2) is 40.1 Å². The summed E-state index contributed by atoms with van der Waals surface area (Å²) in [4.78, 5) is 29.3. The van der Waals surface area contributed by atoms with Crippen molar-refractivity contribution in [2.75, 3.05) is 0 Å². The Labute approximate surface area is 227 Å². The van der Waals surface area contributed by atoms with E-state index >= 15 is 0 Å². The Balaban J connectivity index is 1.36. The van der Waals surface area contributed by atoms with Crippen LogP contribution >= 0.6 is 11.3 Å². The number of allylic oxidation sites excluding steroid dienone is 2. The highest BCUT2D eigenvalue weighted by molar-refractivity contribution is 7.09. The normalized spacial score (nSPS) is 25.7. The SMILES string of the molecule is CCC/C(=C\c1ccc(O)c(F)c1)CC[C@H]1OB(O)C[C@H]2C1=C(C)C[C@H]1C(=O)N(Cc3cccs3)C(=O)[C@H]12. The van der Waals surface area contributed by atoms with E-state index in [2.05, 4.69) is 6.92 Å². The van der Waals surface area contributed by atoms with Gasteiger partial charge in [0.15, 0.2) is 11.6 Å². The first-order valence-corrected chi connectivity index (χ1v) is 14.2. The summed E-state index contributed by atoms with van der Waals surface area (Å²) in [5, 5.41) is 22.1. The Morgan fingerprint density at radius 2 is 2.05 bits per heavy atom. The number of carbonyl (C=O) groups is 2. The first-order chi connectivity index (χ1) is 18.3. The second-order valence-corrected chi connectivity index (χ2v) is 11.7. The van der Waals surface area contributed by atoms with Gasteiger partial charge in [0.25, 0.3) is 0 Å². The van der Waals surface area contributed by atoms with Crippen molar-refractivity contribution < 1.29 is 28.8 Å². The van der Waals surface area contributed by atoms with Crippen molar-refractivity contribution in [1.82, 2.24) is 4.90 Å². The molecule has 3 heterocycles. The van der Waals surface area contributed by atoms with Gasteiger partial charge in [-0.25, -0.2) is 4.39 Å². The molecule has 2 aromatic rings. The topological polar surface area (TPSA) is 87.1 Å². The molecule has 1 aromatic heterocycles. The zero-order valence-corrected chi connectivity index (χ0v) is 22.5. The van der Waals surface area contributed by atoms with Gasteiger partial charge >= 0.3 is 7.12 Å². The maximum atomic E-state index is 13.9. The van der Waals surface area contributed by atoms with Crippen LogP contribution < -0.4 is 0 Å². The molecule has 0 bridgehead atoms. The van der Waals surface area contributed by atoms with Crippen LogP contribution in [-0.2, 0) is 20.8 Å². The maximum absolute atomic E-state index is 13.9. The number of rotatable bonds is 8. The first kappa shape index (κ1) is 26.8. The number of likely N-dealkylation sites (tertiary alicyclic amines) is 1. The van der Waals surface area contributed by atoms with Crippen LogP contribution in [0.15, 0.2) is 52.4 Å². The molecule has 2 saturated heterocycles. The Morgan fingerprint density at radius 1 is 1.24 bits per heavy atom. The number of carbonyl (C=O) groups excluding carboxylic acids is 2. The molecule has 1 aliphatic carbocycles. The first-order valence-electron chi connectivity index (χ1n) is 13.4. The van der Waals surface area contributed by atoms with Gasteiger partial charge in [-0.3, -0.25) is 14.5 Å². The average Bonchev–Trinajstić information content (AvgIpc) is 3.47. The van der Waals surface area contributed by atoms with E-state index in [1.54, 1.807) is 6.07 Å². The predicted octanol–water partition coefficient (Wildman–Crippen LogP) is 5.57. The van der Waals surface area contributed by atoms with Crippen LogP contribution in [0, 0.1) is 23.6 Å². The molecule has 1 aromatic carbocycles. The average molecular weight is 537 g/mol. The minimum atomic E-state index is -1.00. The number of aromatic hydroxyl groups is 1. The zero-order valence-electron chi connectivity index (χ0n) is 21.7. The van der Waals surface area contributed by atoms with Gasteiger partial charge < -0.3 is 14.8 Å². The van der Waals surface area contributed by atoms with Crippen molar-refractivity contribution in [2.24, 2.45) is 17.8 Å². The van der Waals surface area contributed by atoms with Crippen molar-refractivity contribution in [3.63, 3.8) is 0 Å². The number of nitrogens with zero attached hydrogens (tertiary/aromatic N) is 1. The quantitative estimate of drug-likeness (QED) is 0.261. The Bertz CT molecular complexity index is 1280. The third-order valence-electron chi connectivity index (χ3n) is 8.08. The molecule has 4 atom stereocenters. The van der Waals surface area contributed by atoms with Gasteiger partial charge in [-0.05, 0) is 79.6 Å². The summed E-state index contributed by atoms with van der Waals surface area (Å²) in [6, 6.07) is 8.21. The lowest BCUT2D eigenvalue weighted by Gasteiger charge is -2.42. The highest BCUT2D eigenvalue weighted by Crippen LogP contribution is 2.50. The summed E-state index contributed by atoms with van der Waals surface area (Å²) in [6.07, 6.45) is 5.48. The van der Waals surface area contributed by atoms with Gasteiger partial charge in [0.2, 0.25) is 11.8 Å². The van der Waals surface area contributed by atoms with Crippen LogP contribution in [0.2, 0.25) is 6.32 Å². The van der Waals surface area contributed by atoms with Gasteiger partial charge in [0, 0.05) is 4.88 Å². The van der Waals surface area contributed by atoms with Crippen molar-refractivity contribution in [2.45, 2.75) is 64.9 Å². The van der Waals surface area contributed by atoms with E-state index in [0.717, 1.165) is 34.4 Å². The van der Waals surface area contributed by atoms with E-state index < -0.39 is 18.9 Å². The van der Waals surface area contributed by atoms with Gasteiger partial charge in [-0.2, -0.15) is 0 Å². The number of benzene rings is 1. The Kier molecular flexibility index (Phi) is 7.89. The summed E-state index contributed by atoms with van der Waals surface area (Å²) >= 11 is 1.53. The van der Waals surface area contributed by atoms with Crippen LogP contribution in [0.4, 0.5) is 4.39 Å². The van der Waals surface area contributed by atoms with E-state index in [1.165, 1.54) is 28.4 Å². The standard InChI is InChI=1S/C29H33BFNO5S/c1-3-5-18(13-19-7-9-24(33)23(31)14-19)8-10-25-26-17(2)12-21-27(22(26)15-30(36)37-25)29(35)32(28(21)34)16-20-6-4-11-38-20/h4,6-7,9,11,13-14,21-22,25,27,33,36H,3,5,8,10,12,15-16H2,1-2H3/b18-13+/t21-,22+,25-,27-/m1/s1.